The Morgan fingerprint density at radius 3 is 2.47 bits per heavy atom. The van der Waals surface area contributed by atoms with Crippen molar-refractivity contribution in [3.8, 4) is 0 Å². The summed E-state index contributed by atoms with van der Waals surface area (Å²) in [6.07, 6.45) is -0.260. The molecule has 0 spiro atoms. The zero-order valence-corrected chi connectivity index (χ0v) is 17.4. The lowest BCUT2D eigenvalue weighted by Crippen LogP contribution is -2.24. The van der Waals surface area contributed by atoms with E-state index in [-0.39, 0.29) is 28.0 Å². The number of aryl methyl sites for hydroxylation is 2. The number of allylic oxidation sites excluding steroid dienone is 1. The topological polar surface area (TPSA) is 29.1 Å². The fourth-order valence-corrected chi connectivity index (χ4v) is 3.52. The molecule has 160 valence electrons. The van der Waals surface area contributed by atoms with Crippen molar-refractivity contribution in [2.75, 3.05) is 0 Å². The fraction of sp³-hybridized carbons (Fsp3) is 0.348. The molecule has 0 aromatic heterocycles. The molecule has 1 unspecified atom stereocenters. The minimum absolute atomic E-state index is 0.0413. The Kier molecular flexibility index (Phi) is 6.56. The zero-order chi connectivity index (χ0) is 22.1. The van der Waals surface area contributed by atoms with E-state index in [1.54, 1.807) is 18.2 Å². The van der Waals surface area contributed by atoms with Gasteiger partial charge in [0.1, 0.15) is 5.82 Å². The average molecular weight is 440 g/mol. The SMILES string of the molecule is Cc1cc(/C=C/C(c2cc(C)c(F)c(Cl)c2)C(F)(F)F)ccc1CNC(=O)C1CC1. The van der Waals surface area contributed by atoms with E-state index in [0.717, 1.165) is 36.1 Å². The number of hydrogen-bond acceptors (Lipinski definition) is 1. The molecule has 1 aliphatic rings. The quantitative estimate of drug-likeness (QED) is 0.513. The third-order valence-corrected chi connectivity index (χ3v) is 5.47. The van der Waals surface area contributed by atoms with Crippen molar-refractivity contribution in [3.63, 3.8) is 0 Å². The lowest BCUT2D eigenvalue weighted by atomic mass is 9.95. The van der Waals surface area contributed by atoms with E-state index in [2.05, 4.69) is 5.32 Å². The molecule has 30 heavy (non-hydrogen) atoms. The molecule has 1 saturated carbocycles. The molecule has 1 fully saturated rings. The van der Waals surface area contributed by atoms with Crippen LogP contribution < -0.4 is 5.32 Å². The molecule has 3 rings (SSSR count). The van der Waals surface area contributed by atoms with E-state index in [1.807, 2.05) is 6.92 Å². The molecule has 0 bridgehead atoms. The number of rotatable bonds is 6. The maximum absolute atomic E-state index is 13.7. The maximum atomic E-state index is 13.7. The summed E-state index contributed by atoms with van der Waals surface area (Å²) >= 11 is 5.75. The van der Waals surface area contributed by atoms with E-state index in [4.69, 9.17) is 11.6 Å². The number of nitrogens with one attached hydrogen (secondary N) is 1. The minimum atomic E-state index is -4.55. The van der Waals surface area contributed by atoms with Crippen LogP contribution in [0.3, 0.4) is 0 Å². The smallest absolute Gasteiger partial charge is 0.352 e. The van der Waals surface area contributed by atoms with Crippen LogP contribution in [0.25, 0.3) is 6.08 Å². The molecule has 0 radical (unpaired) electrons. The molecular formula is C23H22ClF4NO. The van der Waals surface area contributed by atoms with Gasteiger partial charge in [0.2, 0.25) is 5.91 Å². The van der Waals surface area contributed by atoms with Gasteiger partial charge >= 0.3 is 6.18 Å². The number of halogens is 5. The summed E-state index contributed by atoms with van der Waals surface area (Å²) in [6.45, 7) is 3.62. The van der Waals surface area contributed by atoms with E-state index in [9.17, 15) is 22.4 Å². The largest absolute Gasteiger partial charge is 0.399 e. The molecule has 1 amide bonds. The van der Waals surface area contributed by atoms with E-state index in [0.29, 0.717) is 12.1 Å². The zero-order valence-electron chi connectivity index (χ0n) is 16.6. The highest BCUT2D eigenvalue weighted by atomic mass is 35.5. The van der Waals surface area contributed by atoms with Gasteiger partial charge in [-0.1, -0.05) is 48.0 Å². The van der Waals surface area contributed by atoms with Crippen LogP contribution in [0.5, 0.6) is 0 Å². The lowest BCUT2D eigenvalue weighted by Gasteiger charge is -2.18. The Balaban J connectivity index is 1.78. The normalized spacial score (nSPS) is 15.4. The van der Waals surface area contributed by atoms with Gasteiger partial charge in [0.25, 0.3) is 0 Å². The lowest BCUT2D eigenvalue weighted by molar-refractivity contribution is -0.139. The van der Waals surface area contributed by atoms with Gasteiger partial charge in [0.15, 0.2) is 0 Å². The number of carbonyl (C=O) groups is 1. The van der Waals surface area contributed by atoms with Crippen molar-refractivity contribution in [2.45, 2.75) is 45.3 Å². The molecule has 2 aromatic carbocycles. The molecule has 0 aliphatic heterocycles. The van der Waals surface area contributed by atoms with E-state index >= 15 is 0 Å². The Bertz CT molecular complexity index is 957. The predicted molar refractivity (Wildman–Crippen MR) is 110 cm³/mol. The van der Waals surface area contributed by atoms with Gasteiger partial charge in [-0.25, -0.2) is 4.39 Å². The summed E-state index contributed by atoms with van der Waals surface area (Å²) in [5.41, 5.74) is 2.34. The number of amides is 1. The summed E-state index contributed by atoms with van der Waals surface area (Å²) in [7, 11) is 0. The first-order chi connectivity index (χ1) is 14.1. The van der Waals surface area contributed by atoms with Crippen LogP contribution >= 0.6 is 11.6 Å². The van der Waals surface area contributed by atoms with Crippen LogP contribution in [-0.4, -0.2) is 12.1 Å². The van der Waals surface area contributed by atoms with Gasteiger partial charge in [-0.15, -0.1) is 0 Å². The van der Waals surface area contributed by atoms with Crippen LogP contribution in [-0.2, 0) is 11.3 Å². The molecule has 1 N–H and O–H groups in total. The van der Waals surface area contributed by atoms with E-state index in [1.165, 1.54) is 19.1 Å². The molecule has 1 aliphatic carbocycles. The third kappa shape index (κ3) is 5.42. The molecular weight excluding hydrogens is 418 g/mol. The van der Waals surface area contributed by atoms with Crippen LogP contribution in [0.1, 0.15) is 46.6 Å². The predicted octanol–water partition coefficient (Wildman–Crippen LogP) is 6.48. The highest BCUT2D eigenvalue weighted by molar-refractivity contribution is 6.30. The van der Waals surface area contributed by atoms with Gasteiger partial charge in [0.05, 0.1) is 10.9 Å². The van der Waals surface area contributed by atoms with Crippen LogP contribution in [0.4, 0.5) is 17.6 Å². The standard InChI is InChI=1S/C23H22ClF4NO/c1-13-9-15(3-5-17(13)12-29-22(30)16-6-7-16)4-8-19(23(26,27)28)18-10-14(2)21(25)20(24)11-18/h3-5,8-11,16,19H,6-7,12H2,1-2H3,(H,29,30)/b8-4+. The molecule has 1 atom stereocenters. The second-order valence-corrected chi connectivity index (χ2v) is 8.10. The van der Waals surface area contributed by atoms with Crippen molar-refractivity contribution in [3.05, 3.63) is 75.1 Å². The Morgan fingerprint density at radius 2 is 1.90 bits per heavy atom. The third-order valence-electron chi connectivity index (χ3n) is 5.19. The minimum Gasteiger partial charge on any atom is -0.352 e. The maximum Gasteiger partial charge on any atom is 0.399 e. The van der Waals surface area contributed by atoms with E-state index < -0.39 is 17.9 Å². The Morgan fingerprint density at radius 1 is 1.20 bits per heavy atom. The molecule has 0 heterocycles. The van der Waals surface area contributed by atoms with Crippen LogP contribution in [0, 0.1) is 25.6 Å². The van der Waals surface area contributed by atoms with Crippen LogP contribution in [0.15, 0.2) is 36.4 Å². The summed E-state index contributed by atoms with van der Waals surface area (Å²) in [4.78, 5) is 11.8. The van der Waals surface area contributed by atoms with Crippen molar-refractivity contribution in [2.24, 2.45) is 5.92 Å². The van der Waals surface area contributed by atoms with Gasteiger partial charge in [-0.3, -0.25) is 4.79 Å². The highest BCUT2D eigenvalue weighted by Gasteiger charge is 2.39. The summed E-state index contributed by atoms with van der Waals surface area (Å²) in [5.74, 6) is -2.47. The van der Waals surface area contributed by atoms with Gasteiger partial charge < -0.3 is 5.32 Å². The van der Waals surface area contributed by atoms with Crippen molar-refractivity contribution < 1.29 is 22.4 Å². The van der Waals surface area contributed by atoms with Crippen molar-refractivity contribution in [1.29, 1.82) is 0 Å². The Hall–Kier alpha value is -2.34. The first-order valence-corrected chi connectivity index (χ1v) is 10.0. The first-order valence-electron chi connectivity index (χ1n) is 9.64. The van der Waals surface area contributed by atoms with Crippen molar-refractivity contribution in [1.82, 2.24) is 5.32 Å². The molecule has 7 heteroatoms. The molecule has 0 saturated heterocycles. The summed E-state index contributed by atoms with van der Waals surface area (Å²) < 4.78 is 54.6. The number of alkyl halides is 3. The molecule has 2 aromatic rings. The van der Waals surface area contributed by atoms with Gasteiger partial charge in [-0.2, -0.15) is 13.2 Å². The highest BCUT2D eigenvalue weighted by Crippen LogP contribution is 2.38. The van der Waals surface area contributed by atoms with Gasteiger partial charge in [-0.05, 0) is 60.6 Å². The number of carbonyl (C=O) groups excluding carboxylic acids is 1. The first kappa shape index (κ1) is 22.3. The monoisotopic (exact) mass is 439 g/mol. The second-order valence-electron chi connectivity index (χ2n) is 7.69. The van der Waals surface area contributed by atoms with Gasteiger partial charge in [0, 0.05) is 12.5 Å². The number of hydrogen-bond donors (Lipinski definition) is 1. The average Bonchev–Trinajstić information content (AvgIpc) is 3.49. The fourth-order valence-electron chi connectivity index (χ4n) is 3.24. The van der Waals surface area contributed by atoms with Crippen LogP contribution in [0.2, 0.25) is 5.02 Å². The van der Waals surface area contributed by atoms with Crippen molar-refractivity contribution >= 4 is 23.6 Å². The molecule has 2 nitrogen and oxygen atoms in total. The Labute approximate surface area is 177 Å². The summed E-state index contributed by atoms with van der Waals surface area (Å²) in [6, 6.07) is 7.46. The second kappa shape index (κ2) is 8.80. The summed E-state index contributed by atoms with van der Waals surface area (Å²) in [5, 5.41) is 2.55. The number of benzene rings is 2.